The highest BCUT2D eigenvalue weighted by Gasteiger charge is 2.23. The van der Waals surface area contributed by atoms with Crippen LogP contribution in [0.3, 0.4) is 0 Å². The summed E-state index contributed by atoms with van der Waals surface area (Å²) in [4.78, 5) is 12.0. The van der Waals surface area contributed by atoms with E-state index in [1.165, 1.54) is 19.3 Å². The first-order valence-electron chi connectivity index (χ1n) is 5.77. The van der Waals surface area contributed by atoms with Crippen molar-refractivity contribution in [1.29, 1.82) is 0 Å². The minimum atomic E-state index is -3.42. The molecule has 1 heterocycles. The number of hydrogen-bond donors (Lipinski definition) is 3. The molecule has 1 aromatic heterocycles. The predicted molar refractivity (Wildman–Crippen MR) is 76.6 cm³/mol. The first-order valence-corrected chi connectivity index (χ1v) is 8.81. The molecule has 1 atom stereocenters. The highest BCUT2D eigenvalue weighted by Crippen LogP contribution is 2.07. The third-order valence-electron chi connectivity index (χ3n) is 2.39. The van der Waals surface area contributed by atoms with E-state index in [0.717, 1.165) is 0 Å². The first kappa shape index (κ1) is 16.0. The Kier molecular flexibility index (Phi) is 6.32. The van der Waals surface area contributed by atoms with Crippen molar-refractivity contribution < 1.29 is 13.2 Å². The smallest absolute Gasteiger partial charge is 0.242 e. The number of carbonyl (C=O) groups excluding carboxylic acids is 1. The number of aromatic nitrogens is 2. The highest BCUT2D eigenvalue weighted by molar-refractivity contribution is 7.98. The Labute approximate surface area is 117 Å². The number of amides is 1. The molecule has 108 valence electrons. The summed E-state index contributed by atoms with van der Waals surface area (Å²) < 4.78 is 25.5. The molecule has 0 radical (unpaired) electrons. The summed E-state index contributed by atoms with van der Waals surface area (Å²) in [7, 11) is -3.42. The van der Waals surface area contributed by atoms with Gasteiger partial charge in [0.05, 0.1) is 17.6 Å². The van der Waals surface area contributed by atoms with Crippen molar-refractivity contribution in [2.75, 3.05) is 23.1 Å². The molecule has 0 spiro atoms. The second kappa shape index (κ2) is 7.51. The van der Waals surface area contributed by atoms with Gasteiger partial charge in [-0.05, 0) is 25.4 Å². The maximum atomic E-state index is 12.0. The summed E-state index contributed by atoms with van der Waals surface area (Å²) in [6, 6.07) is -0.771. The molecule has 0 aliphatic heterocycles. The molecule has 0 aliphatic carbocycles. The Morgan fingerprint density at radius 3 is 2.84 bits per heavy atom. The Morgan fingerprint density at radius 1 is 1.58 bits per heavy atom. The zero-order valence-electron chi connectivity index (χ0n) is 10.8. The minimum Gasteiger partial charge on any atom is -0.322 e. The Morgan fingerprint density at radius 2 is 2.32 bits per heavy atom. The lowest BCUT2D eigenvalue weighted by molar-refractivity contribution is -0.117. The van der Waals surface area contributed by atoms with Crippen molar-refractivity contribution in [3.8, 4) is 0 Å². The summed E-state index contributed by atoms with van der Waals surface area (Å²) in [6.45, 7) is 1.53. The number of thioether (sulfide) groups is 1. The fraction of sp³-hybridized carbons (Fsp3) is 0.600. The van der Waals surface area contributed by atoms with Gasteiger partial charge in [0.15, 0.2) is 0 Å². The fourth-order valence-corrected chi connectivity index (χ4v) is 2.62. The molecule has 3 N–H and O–H groups in total. The molecule has 19 heavy (non-hydrogen) atoms. The summed E-state index contributed by atoms with van der Waals surface area (Å²) in [5.41, 5.74) is 0.509. The minimum absolute atomic E-state index is 0.0538. The Balaban J connectivity index is 2.69. The molecule has 0 saturated heterocycles. The van der Waals surface area contributed by atoms with E-state index in [1.54, 1.807) is 11.8 Å². The molecule has 0 bridgehead atoms. The Hall–Kier alpha value is -1.06. The lowest BCUT2D eigenvalue weighted by atomic mass is 10.2. The number of H-pyrrole nitrogens is 1. The molecule has 1 rings (SSSR count). The molecule has 9 heteroatoms. The maximum absolute atomic E-state index is 12.0. The Bertz CT molecular complexity index is 487. The number of rotatable bonds is 8. The van der Waals surface area contributed by atoms with Crippen molar-refractivity contribution >= 4 is 33.4 Å². The van der Waals surface area contributed by atoms with Crippen LogP contribution in [0, 0.1) is 0 Å². The quantitative estimate of drug-likeness (QED) is 0.645. The van der Waals surface area contributed by atoms with Crippen LogP contribution in [-0.4, -0.2) is 48.3 Å². The zero-order valence-corrected chi connectivity index (χ0v) is 12.5. The molecule has 1 unspecified atom stereocenters. The van der Waals surface area contributed by atoms with Crippen LogP contribution < -0.4 is 10.0 Å². The SMILES string of the molecule is CCS(=O)(=O)NC(CCSC)C(=O)Nc1cn[nH]c1. The van der Waals surface area contributed by atoms with Crippen LogP contribution in [0.25, 0.3) is 0 Å². The van der Waals surface area contributed by atoms with Crippen molar-refractivity contribution in [3.05, 3.63) is 12.4 Å². The third kappa shape index (κ3) is 5.62. The van der Waals surface area contributed by atoms with E-state index in [1.807, 2.05) is 6.26 Å². The number of hydrogen-bond acceptors (Lipinski definition) is 5. The van der Waals surface area contributed by atoms with Gasteiger partial charge in [0.2, 0.25) is 15.9 Å². The molecule has 0 saturated carbocycles. The van der Waals surface area contributed by atoms with Gasteiger partial charge in [-0.3, -0.25) is 9.89 Å². The summed E-state index contributed by atoms with van der Waals surface area (Å²) in [6.07, 6.45) is 5.32. The van der Waals surface area contributed by atoms with Gasteiger partial charge in [0, 0.05) is 6.20 Å². The molecule has 0 fully saturated rings. The van der Waals surface area contributed by atoms with Crippen molar-refractivity contribution in [3.63, 3.8) is 0 Å². The van der Waals surface area contributed by atoms with Crippen LogP contribution >= 0.6 is 11.8 Å². The van der Waals surface area contributed by atoms with Crippen LogP contribution in [0.15, 0.2) is 12.4 Å². The summed E-state index contributed by atoms with van der Waals surface area (Å²) in [5, 5.41) is 8.88. The lowest BCUT2D eigenvalue weighted by Crippen LogP contribution is -2.44. The van der Waals surface area contributed by atoms with E-state index in [2.05, 4.69) is 20.2 Å². The summed E-state index contributed by atoms with van der Waals surface area (Å²) in [5.74, 6) is 0.254. The average molecular weight is 306 g/mol. The van der Waals surface area contributed by atoms with Gasteiger partial charge in [-0.15, -0.1) is 0 Å². The number of nitrogens with one attached hydrogen (secondary N) is 3. The molecule has 0 aliphatic rings. The lowest BCUT2D eigenvalue weighted by Gasteiger charge is -2.17. The van der Waals surface area contributed by atoms with E-state index in [-0.39, 0.29) is 11.7 Å². The van der Waals surface area contributed by atoms with Crippen molar-refractivity contribution in [1.82, 2.24) is 14.9 Å². The molecule has 0 aromatic carbocycles. The van der Waals surface area contributed by atoms with Crippen LogP contribution in [-0.2, 0) is 14.8 Å². The van der Waals surface area contributed by atoms with Gasteiger partial charge < -0.3 is 5.32 Å². The molecular formula is C10H18N4O3S2. The van der Waals surface area contributed by atoms with Crippen LogP contribution in [0.2, 0.25) is 0 Å². The average Bonchev–Trinajstić information content (AvgIpc) is 2.87. The largest absolute Gasteiger partial charge is 0.322 e. The monoisotopic (exact) mass is 306 g/mol. The second-order valence-electron chi connectivity index (χ2n) is 3.83. The van der Waals surface area contributed by atoms with Crippen LogP contribution in [0.1, 0.15) is 13.3 Å². The van der Waals surface area contributed by atoms with E-state index >= 15 is 0 Å². The van der Waals surface area contributed by atoms with Crippen LogP contribution in [0.5, 0.6) is 0 Å². The molecule has 1 aromatic rings. The predicted octanol–water partition coefficient (Wildman–Crippen LogP) is 0.409. The summed E-state index contributed by atoms with van der Waals surface area (Å²) >= 11 is 1.56. The number of nitrogens with zero attached hydrogens (tertiary/aromatic N) is 1. The van der Waals surface area contributed by atoms with E-state index < -0.39 is 16.1 Å². The van der Waals surface area contributed by atoms with Crippen LogP contribution in [0.4, 0.5) is 5.69 Å². The van der Waals surface area contributed by atoms with Gasteiger partial charge in [-0.2, -0.15) is 16.9 Å². The highest BCUT2D eigenvalue weighted by atomic mass is 32.2. The molecule has 7 nitrogen and oxygen atoms in total. The third-order valence-corrected chi connectivity index (χ3v) is 4.44. The number of anilines is 1. The second-order valence-corrected chi connectivity index (χ2v) is 6.86. The molecular weight excluding hydrogens is 288 g/mol. The first-order chi connectivity index (χ1) is 8.98. The standard InChI is InChI=1S/C10H18N4O3S2/c1-3-19(16,17)14-9(4-5-18-2)10(15)13-8-6-11-12-7-8/h6-7,9,14H,3-5H2,1-2H3,(H,11,12)(H,13,15). The van der Waals surface area contributed by atoms with Gasteiger partial charge >= 0.3 is 0 Å². The van der Waals surface area contributed by atoms with Crippen molar-refractivity contribution in [2.45, 2.75) is 19.4 Å². The number of sulfonamides is 1. The van der Waals surface area contributed by atoms with Crippen molar-refractivity contribution in [2.24, 2.45) is 0 Å². The number of aromatic amines is 1. The zero-order chi connectivity index (χ0) is 14.3. The maximum Gasteiger partial charge on any atom is 0.242 e. The normalized spacial score (nSPS) is 13.2. The topological polar surface area (TPSA) is 104 Å². The van der Waals surface area contributed by atoms with Gasteiger partial charge in [0.25, 0.3) is 0 Å². The fourth-order valence-electron chi connectivity index (χ4n) is 1.33. The van der Waals surface area contributed by atoms with E-state index in [9.17, 15) is 13.2 Å². The van der Waals surface area contributed by atoms with Gasteiger partial charge in [-0.1, -0.05) is 0 Å². The van der Waals surface area contributed by atoms with E-state index in [4.69, 9.17) is 0 Å². The molecule has 1 amide bonds. The number of carbonyl (C=O) groups is 1. The van der Waals surface area contributed by atoms with Gasteiger partial charge in [-0.25, -0.2) is 13.1 Å². The van der Waals surface area contributed by atoms with Gasteiger partial charge in [0.1, 0.15) is 6.04 Å². The van der Waals surface area contributed by atoms with E-state index in [0.29, 0.717) is 17.9 Å².